The lowest BCUT2D eigenvalue weighted by molar-refractivity contribution is 0.861. The molecule has 82 valence electrons. The van der Waals surface area contributed by atoms with E-state index in [9.17, 15) is 0 Å². The summed E-state index contributed by atoms with van der Waals surface area (Å²) in [6.07, 6.45) is 1.73. The first-order valence-corrected chi connectivity index (χ1v) is 5.49. The molecule has 0 aliphatic heterocycles. The predicted molar refractivity (Wildman–Crippen MR) is 66.5 cm³/mol. The van der Waals surface area contributed by atoms with Crippen molar-refractivity contribution in [2.45, 2.75) is 13.0 Å². The average Bonchev–Trinajstić information content (AvgIpc) is 2.33. The topological polar surface area (TPSA) is 38.9 Å². The lowest BCUT2D eigenvalue weighted by atomic mass is 10.0. The molecule has 0 aliphatic rings. The summed E-state index contributed by atoms with van der Waals surface area (Å²) >= 11 is 5.88. The molecule has 2 aromatic rings. The second-order valence-corrected chi connectivity index (χ2v) is 4.12. The minimum Gasteiger partial charge on any atom is -0.320 e. The quantitative estimate of drug-likeness (QED) is 0.809. The van der Waals surface area contributed by atoms with Crippen LogP contribution in [0.25, 0.3) is 0 Å². The van der Waals surface area contributed by atoms with Gasteiger partial charge in [0.05, 0.1) is 6.04 Å². The van der Waals surface area contributed by atoms with E-state index < -0.39 is 0 Å². The Morgan fingerprint density at radius 2 is 1.88 bits per heavy atom. The minimum atomic E-state index is -0.148. The fourth-order valence-electron chi connectivity index (χ4n) is 1.60. The van der Waals surface area contributed by atoms with Gasteiger partial charge in [-0.1, -0.05) is 41.9 Å². The number of nitrogens with two attached hydrogens (primary N) is 1. The van der Waals surface area contributed by atoms with E-state index in [-0.39, 0.29) is 6.04 Å². The number of halogens is 1. The smallest absolute Gasteiger partial charge is 0.131 e. The number of hydrogen-bond acceptors (Lipinski definition) is 2. The highest BCUT2D eigenvalue weighted by Crippen LogP contribution is 2.21. The molecule has 0 unspecified atom stereocenters. The van der Waals surface area contributed by atoms with Gasteiger partial charge in [0.25, 0.3) is 0 Å². The normalized spacial score (nSPS) is 12.4. The van der Waals surface area contributed by atoms with Crippen LogP contribution in [0.5, 0.6) is 0 Å². The molecule has 0 saturated heterocycles. The van der Waals surface area contributed by atoms with Gasteiger partial charge in [-0.15, -0.1) is 0 Å². The van der Waals surface area contributed by atoms with Crippen LogP contribution in [-0.2, 0) is 0 Å². The first-order valence-electron chi connectivity index (χ1n) is 5.11. The zero-order valence-corrected chi connectivity index (χ0v) is 9.78. The van der Waals surface area contributed by atoms with Crippen LogP contribution in [0.1, 0.15) is 22.7 Å². The van der Waals surface area contributed by atoms with Crippen molar-refractivity contribution in [2.24, 2.45) is 5.73 Å². The van der Waals surface area contributed by atoms with Gasteiger partial charge in [0.15, 0.2) is 0 Å². The molecule has 2 nitrogen and oxygen atoms in total. The van der Waals surface area contributed by atoms with Crippen molar-refractivity contribution in [2.75, 3.05) is 0 Å². The monoisotopic (exact) mass is 232 g/mol. The summed E-state index contributed by atoms with van der Waals surface area (Å²) in [5, 5.41) is 0.531. The number of aryl methyl sites for hydroxylation is 1. The highest BCUT2D eigenvalue weighted by Gasteiger charge is 2.09. The van der Waals surface area contributed by atoms with Gasteiger partial charge in [-0.25, -0.2) is 4.98 Å². The largest absolute Gasteiger partial charge is 0.320 e. The molecule has 0 amide bonds. The van der Waals surface area contributed by atoms with Crippen molar-refractivity contribution in [1.29, 1.82) is 0 Å². The van der Waals surface area contributed by atoms with Gasteiger partial charge in [0, 0.05) is 6.20 Å². The van der Waals surface area contributed by atoms with Crippen molar-refractivity contribution in [3.05, 3.63) is 64.4 Å². The number of pyridine rings is 1. The van der Waals surface area contributed by atoms with E-state index in [0.29, 0.717) is 5.15 Å². The maximum absolute atomic E-state index is 6.15. The van der Waals surface area contributed by atoms with E-state index >= 15 is 0 Å². The Labute approximate surface area is 100 Å². The standard InChI is InChI=1S/C13H13ClN2/c1-9-7-11(8-16-13(9)14)12(15)10-5-3-2-4-6-10/h2-8,12H,15H2,1H3/t12-/m1/s1. The molecule has 0 fully saturated rings. The van der Waals surface area contributed by atoms with Crippen LogP contribution in [0.15, 0.2) is 42.6 Å². The van der Waals surface area contributed by atoms with Gasteiger partial charge >= 0.3 is 0 Å². The molecule has 1 heterocycles. The maximum atomic E-state index is 6.15. The zero-order chi connectivity index (χ0) is 11.5. The molecule has 2 N–H and O–H groups in total. The Balaban J connectivity index is 2.34. The summed E-state index contributed by atoms with van der Waals surface area (Å²) in [4.78, 5) is 4.11. The summed E-state index contributed by atoms with van der Waals surface area (Å²) in [6, 6.07) is 11.8. The molecule has 0 aliphatic carbocycles. The van der Waals surface area contributed by atoms with E-state index in [1.807, 2.05) is 43.3 Å². The minimum absolute atomic E-state index is 0.148. The molecular weight excluding hydrogens is 220 g/mol. The number of hydrogen-bond donors (Lipinski definition) is 1. The Kier molecular flexibility index (Phi) is 3.22. The SMILES string of the molecule is Cc1cc([C@H](N)c2ccccc2)cnc1Cl. The van der Waals surface area contributed by atoms with Crippen LogP contribution >= 0.6 is 11.6 Å². The Bertz CT molecular complexity index is 483. The molecule has 16 heavy (non-hydrogen) atoms. The number of nitrogens with zero attached hydrogens (tertiary/aromatic N) is 1. The first kappa shape index (κ1) is 11.1. The first-order chi connectivity index (χ1) is 7.68. The molecule has 0 saturated carbocycles. The predicted octanol–water partition coefficient (Wildman–Crippen LogP) is 3.09. The summed E-state index contributed by atoms with van der Waals surface area (Å²) in [6.45, 7) is 1.93. The zero-order valence-electron chi connectivity index (χ0n) is 9.02. The van der Waals surface area contributed by atoms with Crippen LogP contribution in [0, 0.1) is 6.92 Å². The highest BCUT2D eigenvalue weighted by atomic mass is 35.5. The lowest BCUT2D eigenvalue weighted by Crippen LogP contribution is -2.12. The van der Waals surface area contributed by atoms with Crippen molar-refractivity contribution in [1.82, 2.24) is 4.98 Å². The van der Waals surface area contributed by atoms with Gasteiger partial charge < -0.3 is 5.73 Å². The fourth-order valence-corrected chi connectivity index (χ4v) is 1.71. The third-order valence-electron chi connectivity index (χ3n) is 2.55. The van der Waals surface area contributed by atoms with E-state index in [0.717, 1.165) is 16.7 Å². The molecule has 0 radical (unpaired) electrons. The van der Waals surface area contributed by atoms with Crippen LogP contribution in [-0.4, -0.2) is 4.98 Å². The Morgan fingerprint density at radius 1 is 1.19 bits per heavy atom. The van der Waals surface area contributed by atoms with Crippen LogP contribution < -0.4 is 5.73 Å². The van der Waals surface area contributed by atoms with Gasteiger partial charge in [-0.3, -0.25) is 0 Å². The maximum Gasteiger partial charge on any atom is 0.131 e. The number of rotatable bonds is 2. The third kappa shape index (κ3) is 2.23. The summed E-state index contributed by atoms with van der Waals surface area (Å²) in [5.74, 6) is 0. The summed E-state index contributed by atoms with van der Waals surface area (Å²) in [7, 11) is 0. The van der Waals surface area contributed by atoms with Crippen molar-refractivity contribution in [3.63, 3.8) is 0 Å². The molecule has 2 rings (SSSR count). The third-order valence-corrected chi connectivity index (χ3v) is 2.95. The molecule has 1 aromatic heterocycles. The van der Waals surface area contributed by atoms with Crippen molar-refractivity contribution >= 4 is 11.6 Å². The molecule has 1 aromatic carbocycles. The van der Waals surface area contributed by atoms with E-state index in [1.165, 1.54) is 0 Å². The molecule has 3 heteroatoms. The second-order valence-electron chi connectivity index (χ2n) is 3.76. The van der Waals surface area contributed by atoms with Crippen LogP contribution in [0.3, 0.4) is 0 Å². The summed E-state index contributed by atoms with van der Waals surface area (Å²) in [5.41, 5.74) is 9.16. The molecule has 0 spiro atoms. The number of aromatic nitrogens is 1. The highest BCUT2D eigenvalue weighted by molar-refractivity contribution is 6.30. The Morgan fingerprint density at radius 3 is 2.50 bits per heavy atom. The number of benzene rings is 1. The van der Waals surface area contributed by atoms with Crippen molar-refractivity contribution in [3.8, 4) is 0 Å². The van der Waals surface area contributed by atoms with Crippen molar-refractivity contribution < 1.29 is 0 Å². The van der Waals surface area contributed by atoms with Gasteiger partial charge in [0.1, 0.15) is 5.15 Å². The molecular formula is C13H13ClN2. The van der Waals surface area contributed by atoms with Crippen LogP contribution in [0.4, 0.5) is 0 Å². The summed E-state index contributed by atoms with van der Waals surface area (Å²) < 4.78 is 0. The lowest BCUT2D eigenvalue weighted by Gasteiger charge is -2.12. The second kappa shape index (κ2) is 4.64. The average molecular weight is 233 g/mol. The Hall–Kier alpha value is -1.38. The van der Waals surface area contributed by atoms with E-state index in [2.05, 4.69) is 4.98 Å². The van der Waals surface area contributed by atoms with Crippen LogP contribution in [0.2, 0.25) is 5.15 Å². The fraction of sp³-hybridized carbons (Fsp3) is 0.154. The van der Waals surface area contributed by atoms with Gasteiger partial charge in [-0.2, -0.15) is 0 Å². The molecule has 1 atom stereocenters. The van der Waals surface area contributed by atoms with E-state index in [1.54, 1.807) is 6.20 Å². The van der Waals surface area contributed by atoms with Gasteiger partial charge in [0.2, 0.25) is 0 Å². The van der Waals surface area contributed by atoms with Gasteiger partial charge in [-0.05, 0) is 29.7 Å². The molecule has 0 bridgehead atoms. The van der Waals surface area contributed by atoms with E-state index in [4.69, 9.17) is 17.3 Å².